The normalized spacial score (nSPS) is 18.8. The van der Waals surface area contributed by atoms with Gasteiger partial charge >= 0.3 is 11.7 Å². The molecule has 0 bridgehead atoms. The van der Waals surface area contributed by atoms with Crippen molar-refractivity contribution >= 4 is 33.6 Å². The van der Waals surface area contributed by atoms with Crippen LogP contribution in [-0.4, -0.2) is 45.5 Å². The Bertz CT molecular complexity index is 930. The van der Waals surface area contributed by atoms with Gasteiger partial charge in [-0.1, -0.05) is 15.9 Å². The first-order chi connectivity index (χ1) is 13.0. The smallest absolute Gasteiger partial charge is 0.365 e. The number of nitrogens with zero attached hydrogens (tertiary/aromatic N) is 4. The lowest BCUT2D eigenvalue weighted by Gasteiger charge is -2.16. The van der Waals surface area contributed by atoms with Crippen LogP contribution in [0.3, 0.4) is 0 Å². The number of benzene rings is 1. The molecule has 2 aliphatic heterocycles. The molecule has 0 aliphatic carbocycles. The zero-order valence-electron chi connectivity index (χ0n) is 14.4. The Morgan fingerprint density at radius 3 is 2.78 bits per heavy atom. The molecule has 1 aromatic heterocycles. The van der Waals surface area contributed by atoms with E-state index in [-0.39, 0.29) is 25.1 Å². The van der Waals surface area contributed by atoms with Gasteiger partial charge < -0.3 is 10.1 Å². The molecule has 4 rings (SSSR count). The topological polar surface area (TPSA) is 98.5 Å². The first-order valence-corrected chi connectivity index (χ1v) is 9.46. The average molecular weight is 436 g/mol. The van der Waals surface area contributed by atoms with E-state index in [1.165, 1.54) is 9.58 Å². The van der Waals surface area contributed by atoms with Crippen molar-refractivity contribution in [1.29, 1.82) is 0 Å². The molecule has 0 spiro atoms. The van der Waals surface area contributed by atoms with Crippen LogP contribution in [0.2, 0.25) is 0 Å². The predicted octanol–water partition coefficient (Wildman–Crippen LogP) is 1.09. The highest BCUT2D eigenvalue weighted by molar-refractivity contribution is 9.10. The Morgan fingerprint density at radius 2 is 2.07 bits per heavy atom. The molecule has 0 radical (unpaired) electrons. The Balaban J connectivity index is 1.48. The van der Waals surface area contributed by atoms with E-state index in [1.54, 1.807) is 12.1 Å². The highest BCUT2D eigenvalue weighted by Crippen LogP contribution is 2.24. The first kappa shape index (κ1) is 17.9. The summed E-state index contributed by atoms with van der Waals surface area (Å²) in [5.74, 6) is -0.0370. The summed E-state index contributed by atoms with van der Waals surface area (Å²) in [6.07, 6.45) is 1.90. The van der Waals surface area contributed by atoms with Crippen molar-refractivity contribution in [3.8, 4) is 0 Å². The van der Waals surface area contributed by atoms with Gasteiger partial charge in [0.15, 0.2) is 5.82 Å². The van der Waals surface area contributed by atoms with Crippen molar-refractivity contribution in [3.05, 3.63) is 45.0 Å². The Hall–Kier alpha value is -2.46. The Morgan fingerprint density at radius 1 is 1.30 bits per heavy atom. The number of fused-ring (bicyclic) bond motifs is 1. The third kappa shape index (κ3) is 3.54. The maximum absolute atomic E-state index is 12.8. The van der Waals surface area contributed by atoms with E-state index in [0.29, 0.717) is 24.7 Å². The van der Waals surface area contributed by atoms with Gasteiger partial charge in [0.05, 0.1) is 12.6 Å². The summed E-state index contributed by atoms with van der Waals surface area (Å²) in [4.78, 5) is 42.6. The molecule has 2 amide bonds. The molecule has 2 aromatic rings. The van der Waals surface area contributed by atoms with Crippen LogP contribution in [0.15, 0.2) is 33.5 Å². The fraction of sp³-hybridized carbons (Fsp3) is 0.412. The molecule has 2 aliphatic rings. The minimum atomic E-state index is -0.610. The van der Waals surface area contributed by atoms with Gasteiger partial charge in [-0.15, -0.1) is 0 Å². The van der Waals surface area contributed by atoms with Crippen LogP contribution < -0.4 is 15.9 Å². The van der Waals surface area contributed by atoms with E-state index in [2.05, 4.69) is 26.2 Å². The lowest BCUT2D eigenvalue weighted by molar-refractivity contribution is -0.122. The largest absolute Gasteiger partial charge is 0.376 e. The van der Waals surface area contributed by atoms with Crippen molar-refractivity contribution < 1.29 is 14.3 Å². The highest BCUT2D eigenvalue weighted by atomic mass is 79.9. The highest BCUT2D eigenvalue weighted by Gasteiger charge is 2.33. The zero-order valence-corrected chi connectivity index (χ0v) is 16.0. The van der Waals surface area contributed by atoms with Gasteiger partial charge in [0, 0.05) is 23.3 Å². The molecule has 1 fully saturated rings. The number of amides is 2. The molecule has 10 heteroatoms. The lowest BCUT2D eigenvalue weighted by Crippen LogP contribution is -2.40. The molecule has 1 N–H and O–H groups in total. The van der Waals surface area contributed by atoms with Gasteiger partial charge in [-0.3, -0.25) is 9.69 Å². The molecular weight excluding hydrogens is 418 g/mol. The van der Waals surface area contributed by atoms with Gasteiger partial charge in [0.1, 0.15) is 6.54 Å². The molecule has 0 saturated carbocycles. The standard InChI is InChI=1S/C17H18BrN5O4/c18-11-3-5-12(6-4-11)21-9-14-20-16(25)22(23(14)17(21)26)10-15(24)19-8-13-2-1-7-27-13/h3-6,13H,1-2,7-10H2,(H,19,24)/t13-/m1/s1. The molecule has 1 atom stereocenters. The first-order valence-electron chi connectivity index (χ1n) is 8.67. The van der Waals surface area contributed by atoms with Gasteiger partial charge in [0.25, 0.3) is 0 Å². The molecule has 1 saturated heterocycles. The summed E-state index contributed by atoms with van der Waals surface area (Å²) in [6, 6.07) is 6.84. The van der Waals surface area contributed by atoms with Crippen LogP contribution in [0, 0.1) is 0 Å². The Labute approximate surface area is 163 Å². The number of hydrogen-bond acceptors (Lipinski definition) is 5. The maximum atomic E-state index is 12.8. The van der Waals surface area contributed by atoms with E-state index in [4.69, 9.17) is 4.74 Å². The summed E-state index contributed by atoms with van der Waals surface area (Å²) >= 11 is 3.36. The molecule has 1 aromatic carbocycles. The number of nitrogens with one attached hydrogen (secondary N) is 1. The molecule has 3 heterocycles. The average Bonchev–Trinajstić information content (AvgIpc) is 3.34. The van der Waals surface area contributed by atoms with Crippen molar-refractivity contribution in [2.45, 2.75) is 32.0 Å². The number of hydrogen-bond donors (Lipinski definition) is 1. The van der Waals surface area contributed by atoms with Crippen molar-refractivity contribution in [2.75, 3.05) is 18.1 Å². The summed E-state index contributed by atoms with van der Waals surface area (Å²) in [5, 5.41) is 2.75. The van der Waals surface area contributed by atoms with Crippen LogP contribution in [0.5, 0.6) is 0 Å². The van der Waals surface area contributed by atoms with Crippen LogP contribution in [0.4, 0.5) is 10.5 Å². The number of carbonyl (C=O) groups is 2. The van der Waals surface area contributed by atoms with E-state index < -0.39 is 11.7 Å². The number of anilines is 1. The summed E-state index contributed by atoms with van der Waals surface area (Å²) in [5.41, 5.74) is 0.0802. The van der Waals surface area contributed by atoms with Crippen molar-refractivity contribution in [2.24, 2.45) is 0 Å². The summed E-state index contributed by atoms with van der Waals surface area (Å²) < 4.78 is 8.61. The van der Waals surface area contributed by atoms with Crippen LogP contribution in [0.25, 0.3) is 0 Å². The number of halogens is 1. The van der Waals surface area contributed by atoms with E-state index in [0.717, 1.165) is 22.0 Å². The number of rotatable bonds is 5. The summed E-state index contributed by atoms with van der Waals surface area (Å²) in [6.45, 7) is 1.02. The van der Waals surface area contributed by atoms with Gasteiger partial charge in [0.2, 0.25) is 5.91 Å². The molecule has 0 unspecified atom stereocenters. The summed E-state index contributed by atoms with van der Waals surface area (Å²) in [7, 11) is 0. The van der Waals surface area contributed by atoms with Crippen molar-refractivity contribution in [3.63, 3.8) is 0 Å². The van der Waals surface area contributed by atoms with Crippen molar-refractivity contribution in [1.82, 2.24) is 19.7 Å². The van der Waals surface area contributed by atoms with E-state index >= 15 is 0 Å². The van der Waals surface area contributed by atoms with Crippen LogP contribution >= 0.6 is 15.9 Å². The number of ether oxygens (including phenoxy) is 1. The molecule has 27 heavy (non-hydrogen) atoms. The van der Waals surface area contributed by atoms with E-state index in [1.807, 2.05) is 12.1 Å². The number of aromatic nitrogens is 3. The van der Waals surface area contributed by atoms with Gasteiger partial charge in [-0.25, -0.2) is 14.3 Å². The fourth-order valence-corrected chi connectivity index (χ4v) is 3.53. The second kappa shape index (κ2) is 7.28. The minimum absolute atomic E-state index is 0.0105. The monoisotopic (exact) mass is 435 g/mol. The third-order valence-corrected chi connectivity index (χ3v) is 5.15. The predicted molar refractivity (Wildman–Crippen MR) is 99.6 cm³/mol. The third-order valence-electron chi connectivity index (χ3n) is 4.63. The molecular formula is C17H18BrN5O4. The lowest BCUT2D eigenvalue weighted by atomic mass is 10.2. The molecule has 142 valence electrons. The van der Waals surface area contributed by atoms with Gasteiger partial charge in [-0.2, -0.15) is 9.67 Å². The number of carbonyl (C=O) groups excluding carboxylic acids is 2. The van der Waals surface area contributed by atoms with Gasteiger partial charge in [-0.05, 0) is 37.1 Å². The Kier molecular flexibility index (Phi) is 4.83. The fourth-order valence-electron chi connectivity index (χ4n) is 3.27. The quantitative estimate of drug-likeness (QED) is 0.757. The van der Waals surface area contributed by atoms with Crippen LogP contribution in [-0.2, 0) is 22.6 Å². The zero-order chi connectivity index (χ0) is 19.0. The molecule has 9 nitrogen and oxygen atoms in total. The van der Waals surface area contributed by atoms with Crippen LogP contribution in [0.1, 0.15) is 18.7 Å². The minimum Gasteiger partial charge on any atom is -0.376 e. The second-order valence-electron chi connectivity index (χ2n) is 6.46. The van der Waals surface area contributed by atoms with E-state index in [9.17, 15) is 14.4 Å². The second-order valence-corrected chi connectivity index (χ2v) is 7.38. The maximum Gasteiger partial charge on any atom is 0.365 e. The SMILES string of the molecule is O=C(Cn1c(=O)nc2n1C(=O)N(c1ccc(Br)cc1)C2)NC[C@H]1CCCO1.